The van der Waals surface area contributed by atoms with Gasteiger partial charge in [-0.2, -0.15) is 0 Å². The summed E-state index contributed by atoms with van der Waals surface area (Å²) in [6, 6.07) is 16.0. The molecule has 2 aromatic rings. The van der Waals surface area contributed by atoms with Crippen LogP contribution in [0.3, 0.4) is 0 Å². The molecule has 1 aliphatic heterocycles. The van der Waals surface area contributed by atoms with E-state index in [0.717, 1.165) is 12.2 Å². The monoisotopic (exact) mass is 338 g/mol. The first kappa shape index (κ1) is 17.3. The van der Waals surface area contributed by atoms with Gasteiger partial charge in [0.2, 0.25) is 0 Å². The summed E-state index contributed by atoms with van der Waals surface area (Å²) >= 11 is 0. The van der Waals surface area contributed by atoms with Crippen molar-refractivity contribution in [3.05, 3.63) is 54.1 Å². The topological polar surface area (TPSA) is 41.6 Å². The van der Waals surface area contributed by atoms with Crippen molar-refractivity contribution in [3.63, 3.8) is 0 Å². The van der Waals surface area contributed by atoms with Gasteiger partial charge in [-0.15, -0.1) is 0 Å². The molecule has 0 spiro atoms. The first-order valence-corrected chi connectivity index (χ1v) is 9.03. The molecule has 0 radical (unpaired) electrons. The third-order valence-corrected chi connectivity index (χ3v) is 4.89. The molecule has 0 bridgehead atoms. The fourth-order valence-corrected chi connectivity index (χ4v) is 3.47. The Morgan fingerprint density at radius 3 is 2.72 bits per heavy atom. The van der Waals surface area contributed by atoms with Crippen molar-refractivity contribution in [2.45, 2.75) is 38.6 Å². The zero-order valence-electron chi connectivity index (χ0n) is 15.0. The summed E-state index contributed by atoms with van der Waals surface area (Å²) in [5.74, 6) is 0.551. The Morgan fingerprint density at radius 2 is 2.00 bits per heavy atom. The molecular formula is C21H26N2O2. The molecule has 1 fully saturated rings. The molecule has 3 rings (SSSR count). The highest BCUT2D eigenvalue weighted by Gasteiger charge is 2.20. The van der Waals surface area contributed by atoms with Gasteiger partial charge in [-0.25, -0.2) is 0 Å². The minimum Gasteiger partial charge on any atom is -0.497 e. The normalized spacial score (nSPS) is 17.2. The fourth-order valence-electron chi connectivity index (χ4n) is 3.47. The average Bonchev–Trinajstić information content (AvgIpc) is 2.68. The highest BCUT2D eigenvalue weighted by atomic mass is 16.5. The van der Waals surface area contributed by atoms with Crippen LogP contribution in [0.1, 0.15) is 43.0 Å². The molecule has 2 aromatic carbocycles. The predicted octanol–water partition coefficient (Wildman–Crippen LogP) is 4.72. The van der Waals surface area contributed by atoms with E-state index < -0.39 is 0 Å². The molecule has 4 heteroatoms. The Hall–Kier alpha value is -2.49. The van der Waals surface area contributed by atoms with Crippen molar-refractivity contribution in [2.24, 2.45) is 0 Å². The third-order valence-electron chi connectivity index (χ3n) is 4.89. The van der Waals surface area contributed by atoms with Crippen molar-refractivity contribution >= 4 is 17.3 Å². The Morgan fingerprint density at radius 1 is 1.20 bits per heavy atom. The van der Waals surface area contributed by atoms with E-state index in [9.17, 15) is 4.79 Å². The maximum Gasteiger partial charge on any atom is 0.255 e. The summed E-state index contributed by atoms with van der Waals surface area (Å²) in [7, 11) is 1.60. The fraction of sp³-hybridized carbons (Fsp3) is 0.381. The molecule has 25 heavy (non-hydrogen) atoms. The highest BCUT2D eigenvalue weighted by molar-refractivity contribution is 6.04. The standard InChI is InChI=1S/C21H26N2O2/c1-3-18-8-4-5-14-23(18)19-12-10-17(11-13-19)22-21(24)16-7-6-9-20(15-16)25-2/h6-7,9-13,15,18H,3-5,8,14H2,1-2H3,(H,22,24). The second-order valence-electron chi connectivity index (χ2n) is 6.48. The molecule has 1 atom stereocenters. The zero-order valence-corrected chi connectivity index (χ0v) is 15.0. The number of piperidine rings is 1. The molecule has 1 N–H and O–H groups in total. The molecule has 0 saturated carbocycles. The number of amides is 1. The van der Waals surface area contributed by atoms with Gasteiger partial charge in [0, 0.05) is 29.5 Å². The molecule has 1 heterocycles. The number of methoxy groups -OCH3 is 1. The van der Waals surface area contributed by atoms with E-state index in [4.69, 9.17) is 4.74 Å². The zero-order chi connectivity index (χ0) is 17.6. The van der Waals surface area contributed by atoms with Gasteiger partial charge in [0.1, 0.15) is 5.75 Å². The number of nitrogens with one attached hydrogen (secondary N) is 1. The smallest absolute Gasteiger partial charge is 0.255 e. The van der Waals surface area contributed by atoms with Crippen molar-refractivity contribution in [2.75, 3.05) is 23.9 Å². The number of hydrogen-bond acceptors (Lipinski definition) is 3. The number of carbonyl (C=O) groups excluding carboxylic acids is 1. The molecule has 0 aliphatic carbocycles. The lowest BCUT2D eigenvalue weighted by Gasteiger charge is -2.37. The maximum absolute atomic E-state index is 12.4. The minimum atomic E-state index is -0.129. The number of hydrogen-bond donors (Lipinski definition) is 1. The van der Waals surface area contributed by atoms with Gasteiger partial charge in [0.15, 0.2) is 0 Å². The van der Waals surface area contributed by atoms with Crippen LogP contribution in [0.15, 0.2) is 48.5 Å². The maximum atomic E-state index is 12.4. The van der Waals surface area contributed by atoms with Gasteiger partial charge < -0.3 is 15.0 Å². The van der Waals surface area contributed by atoms with E-state index >= 15 is 0 Å². The molecule has 1 aliphatic rings. The third kappa shape index (κ3) is 4.13. The summed E-state index contributed by atoms with van der Waals surface area (Å²) in [6.45, 7) is 3.37. The number of carbonyl (C=O) groups is 1. The highest BCUT2D eigenvalue weighted by Crippen LogP contribution is 2.27. The average molecular weight is 338 g/mol. The van der Waals surface area contributed by atoms with E-state index in [2.05, 4.69) is 29.3 Å². The summed E-state index contributed by atoms with van der Waals surface area (Å²) in [4.78, 5) is 14.9. The van der Waals surface area contributed by atoms with Crippen LogP contribution in [0.2, 0.25) is 0 Å². The van der Waals surface area contributed by atoms with Gasteiger partial charge in [-0.3, -0.25) is 4.79 Å². The van der Waals surface area contributed by atoms with E-state index in [0.29, 0.717) is 17.4 Å². The van der Waals surface area contributed by atoms with Crippen molar-refractivity contribution in [1.29, 1.82) is 0 Å². The lowest BCUT2D eigenvalue weighted by atomic mass is 9.99. The van der Waals surface area contributed by atoms with Crippen LogP contribution in [0.25, 0.3) is 0 Å². The van der Waals surface area contributed by atoms with Crippen LogP contribution in [-0.2, 0) is 0 Å². The number of benzene rings is 2. The molecular weight excluding hydrogens is 312 g/mol. The van der Waals surface area contributed by atoms with Crippen LogP contribution in [0.4, 0.5) is 11.4 Å². The van der Waals surface area contributed by atoms with Crippen LogP contribution in [0, 0.1) is 0 Å². The Kier molecular flexibility index (Phi) is 5.59. The minimum absolute atomic E-state index is 0.129. The molecule has 4 nitrogen and oxygen atoms in total. The number of nitrogens with zero attached hydrogens (tertiary/aromatic N) is 1. The van der Waals surface area contributed by atoms with Crippen molar-refractivity contribution < 1.29 is 9.53 Å². The number of ether oxygens (including phenoxy) is 1. The molecule has 132 valence electrons. The van der Waals surface area contributed by atoms with Gasteiger partial charge in [-0.1, -0.05) is 13.0 Å². The SMILES string of the molecule is CCC1CCCCN1c1ccc(NC(=O)c2cccc(OC)c2)cc1. The summed E-state index contributed by atoms with van der Waals surface area (Å²) in [6.07, 6.45) is 5.02. The summed E-state index contributed by atoms with van der Waals surface area (Å²) in [5.41, 5.74) is 2.64. The first-order chi connectivity index (χ1) is 12.2. The quantitative estimate of drug-likeness (QED) is 0.858. The van der Waals surface area contributed by atoms with Gasteiger partial charge in [0.25, 0.3) is 5.91 Å². The van der Waals surface area contributed by atoms with Gasteiger partial charge in [0.05, 0.1) is 7.11 Å². The van der Waals surface area contributed by atoms with E-state index in [1.54, 1.807) is 19.2 Å². The van der Waals surface area contributed by atoms with E-state index in [-0.39, 0.29) is 5.91 Å². The Labute approximate surface area is 149 Å². The molecule has 1 saturated heterocycles. The van der Waals surface area contributed by atoms with Crippen LogP contribution >= 0.6 is 0 Å². The van der Waals surface area contributed by atoms with Crippen LogP contribution in [-0.4, -0.2) is 25.6 Å². The second kappa shape index (κ2) is 8.06. The predicted molar refractivity (Wildman–Crippen MR) is 103 cm³/mol. The number of anilines is 2. The van der Waals surface area contributed by atoms with Crippen LogP contribution in [0.5, 0.6) is 5.75 Å². The lowest BCUT2D eigenvalue weighted by Crippen LogP contribution is -2.39. The molecule has 1 unspecified atom stereocenters. The van der Waals surface area contributed by atoms with Crippen molar-refractivity contribution in [3.8, 4) is 5.75 Å². The van der Waals surface area contributed by atoms with E-state index in [1.807, 2.05) is 24.3 Å². The van der Waals surface area contributed by atoms with Gasteiger partial charge >= 0.3 is 0 Å². The second-order valence-corrected chi connectivity index (χ2v) is 6.48. The van der Waals surface area contributed by atoms with Crippen molar-refractivity contribution in [1.82, 2.24) is 0 Å². The summed E-state index contributed by atoms with van der Waals surface area (Å²) in [5, 5.41) is 2.95. The molecule has 0 aromatic heterocycles. The van der Waals surface area contributed by atoms with E-state index in [1.165, 1.54) is 31.4 Å². The van der Waals surface area contributed by atoms with Crippen LogP contribution < -0.4 is 15.0 Å². The number of rotatable bonds is 5. The summed E-state index contributed by atoms with van der Waals surface area (Å²) < 4.78 is 5.17. The molecule has 1 amide bonds. The Bertz CT molecular complexity index is 712. The first-order valence-electron chi connectivity index (χ1n) is 9.03. The van der Waals surface area contributed by atoms with Gasteiger partial charge in [-0.05, 0) is 68.1 Å². The lowest BCUT2D eigenvalue weighted by molar-refractivity contribution is 0.102. The largest absolute Gasteiger partial charge is 0.497 e. The Balaban J connectivity index is 1.68.